The summed E-state index contributed by atoms with van der Waals surface area (Å²) in [5.74, 6) is 0.316. The van der Waals surface area contributed by atoms with Crippen molar-refractivity contribution in [1.82, 2.24) is 0 Å². The van der Waals surface area contributed by atoms with Gasteiger partial charge in [-0.15, -0.1) is 23.5 Å². The number of hydrogen-bond acceptors (Lipinski definition) is 6. The Morgan fingerprint density at radius 2 is 1.50 bits per heavy atom. The summed E-state index contributed by atoms with van der Waals surface area (Å²) in [4.78, 5) is 0. The first kappa shape index (κ1) is 11.0. The standard InChI is InChI=1S/C10H6N2O2S2/c11-3-5(4-12)10-15-8-6(13)1-2-7(14)9(8)16-10/h1-2,8-9,13-14H/t8-,9?/m1/s1. The highest BCUT2D eigenvalue weighted by molar-refractivity contribution is 8.26. The summed E-state index contributed by atoms with van der Waals surface area (Å²) >= 11 is 2.48. The van der Waals surface area contributed by atoms with Gasteiger partial charge in [-0.05, 0) is 12.2 Å². The molecule has 6 heteroatoms. The molecule has 1 heterocycles. The number of allylic oxidation sites excluding steroid dienone is 3. The summed E-state index contributed by atoms with van der Waals surface area (Å²) < 4.78 is 0.557. The van der Waals surface area contributed by atoms with Crippen molar-refractivity contribution in [2.75, 3.05) is 0 Å². The number of rotatable bonds is 0. The number of thioether (sulfide) groups is 2. The number of nitrogens with zero attached hydrogens (tertiary/aromatic N) is 2. The Hall–Kier alpha value is -1.50. The monoisotopic (exact) mass is 250 g/mol. The minimum Gasteiger partial charge on any atom is -0.511 e. The predicted octanol–water partition coefficient (Wildman–Crippen LogP) is 2.36. The molecule has 1 aliphatic heterocycles. The maximum absolute atomic E-state index is 9.62. The third kappa shape index (κ3) is 1.67. The van der Waals surface area contributed by atoms with Gasteiger partial charge >= 0.3 is 0 Å². The quantitative estimate of drug-likeness (QED) is 0.642. The zero-order valence-electron chi connectivity index (χ0n) is 7.91. The van der Waals surface area contributed by atoms with Crippen LogP contribution < -0.4 is 0 Å². The number of hydrogen-bond donors (Lipinski definition) is 2. The average molecular weight is 250 g/mol. The second kappa shape index (κ2) is 4.17. The first-order valence-corrected chi connectivity index (χ1v) is 6.10. The molecule has 0 amide bonds. The Morgan fingerprint density at radius 3 is 1.88 bits per heavy atom. The lowest BCUT2D eigenvalue weighted by molar-refractivity contribution is 0.353. The third-order valence-corrected chi connectivity index (χ3v) is 5.30. The molecule has 0 aromatic heterocycles. The molecule has 0 saturated carbocycles. The fraction of sp³-hybridized carbons (Fsp3) is 0.200. The Bertz CT molecular complexity index is 464. The van der Waals surface area contributed by atoms with E-state index in [2.05, 4.69) is 0 Å². The Morgan fingerprint density at radius 1 is 1.06 bits per heavy atom. The van der Waals surface area contributed by atoms with Crippen LogP contribution in [0.4, 0.5) is 0 Å². The summed E-state index contributed by atoms with van der Waals surface area (Å²) in [5.41, 5.74) is 0.0324. The molecule has 0 aromatic rings. The maximum Gasteiger partial charge on any atom is 0.149 e. The fourth-order valence-corrected chi connectivity index (χ4v) is 4.39. The van der Waals surface area contributed by atoms with Crippen LogP contribution >= 0.6 is 23.5 Å². The Balaban J connectivity index is 2.37. The van der Waals surface area contributed by atoms with Crippen molar-refractivity contribution in [2.45, 2.75) is 10.5 Å². The van der Waals surface area contributed by atoms with Crippen LogP contribution in [-0.2, 0) is 0 Å². The van der Waals surface area contributed by atoms with Crippen molar-refractivity contribution in [3.8, 4) is 12.1 Å². The lowest BCUT2D eigenvalue weighted by atomic mass is 10.1. The Labute approximate surface area is 101 Å². The zero-order valence-corrected chi connectivity index (χ0v) is 9.55. The van der Waals surface area contributed by atoms with Gasteiger partial charge in [0.2, 0.25) is 0 Å². The summed E-state index contributed by atoms with van der Waals surface area (Å²) in [5, 5.41) is 36.1. The average Bonchev–Trinajstić information content (AvgIpc) is 2.71. The number of aliphatic hydroxyl groups is 2. The minimum absolute atomic E-state index is 0.0324. The molecule has 0 aromatic carbocycles. The molecule has 1 fully saturated rings. The van der Waals surface area contributed by atoms with Gasteiger partial charge in [0, 0.05) is 0 Å². The molecule has 1 unspecified atom stereocenters. The SMILES string of the molecule is N#CC(C#N)=C1SC2C(O)=CC=C(O)[C@H]2S1. The molecular formula is C10H6N2O2S2. The highest BCUT2D eigenvalue weighted by Gasteiger charge is 2.40. The molecule has 4 nitrogen and oxygen atoms in total. The van der Waals surface area contributed by atoms with E-state index in [-0.39, 0.29) is 27.6 Å². The molecule has 2 rings (SSSR count). The van der Waals surface area contributed by atoms with Crippen LogP contribution in [0.2, 0.25) is 0 Å². The molecule has 2 atom stereocenters. The van der Waals surface area contributed by atoms with E-state index in [0.717, 1.165) is 0 Å². The van der Waals surface area contributed by atoms with E-state index >= 15 is 0 Å². The van der Waals surface area contributed by atoms with Crippen LogP contribution in [0.5, 0.6) is 0 Å². The van der Waals surface area contributed by atoms with Gasteiger partial charge in [-0.1, -0.05) is 0 Å². The lowest BCUT2D eigenvalue weighted by Crippen LogP contribution is -2.22. The summed E-state index contributed by atoms with van der Waals surface area (Å²) in [7, 11) is 0. The smallest absolute Gasteiger partial charge is 0.149 e. The van der Waals surface area contributed by atoms with Gasteiger partial charge in [-0.2, -0.15) is 10.5 Å². The van der Waals surface area contributed by atoms with Gasteiger partial charge in [0.1, 0.15) is 29.2 Å². The predicted molar refractivity (Wildman–Crippen MR) is 62.4 cm³/mol. The van der Waals surface area contributed by atoms with Crippen LogP contribution in [0.1, 0.15) is 0 Å². The van der Waals surface area contributed by atoms with E-state index in [9.17, 15) is 10.2 Å². The molecule has 0 spiro atoms. The Kier molecular flexibility index (Phi) is 2.86. The van der Waals surface area contributed by atoms with Gasteiger partial charge in [-0.25, -0.2) is 0 Å². The number of nitriles is 2. The second-order valence-corrected chi connectivity index (χ2v) is 5.71. The first-order valence-electron chi connectivity index (χ1n) is 4.35. The molecule has 2 N–H and O–H groups in total. The van der Waals surface area contributed by atoms with Crippen LogP contribution in [0, 0.1) is 22.7 Å². The van der Waals surface area contributed by atoms with Crippen molar-refractivity contribution >= 4 is 23.5 Å². The van der Waals surface area contributed by atoms with Crippen molar-refractivity contribution in [2.24, 2.45) is 0 Å². The van der Waals surface area contributed by atoms with E-state index in [4.69, 9.17) is 10.5 Å². The van der Waals surface area contributed by atoms with E-state index in [1.807, 2.05) is 12.1 Å². The van der Waals surface area contributed by atoms with Gasteiger partial charge in [0.15, 0.2) is 0 Å². The lowest BCUT2D eigenvalue weighted by Gasteiger charge is -2.18. The molecule has 1 aliphatic carbocycles. The first-order chi connectivity index (χ1) is 7.67. The van der Waals surface area contributed by atoms with E-state index in [1.54, 1.807) is 0 Å². The number of fused-ring (bicyclic) bond motifs is 1. The van der Waals surface area contributed by atoms with Crippen molar-refractivity contribution in [3.05, 3.63) is 33.5 Å². The number of aliphatic hydroxyl groups excluding tert-OH is 2. The summed E-state index contributed by atoms with van der Waals surface area (Å²) in [6.45, 7) is 0. The van der Waals surface area contributed by atoms with Crippen LogP contribution in [0.15, 0.2) is 33.5 Å². The van der Waals surface area contributed by atoms with Gasteiger partial charge in [0.25, 0.3) is 0 Å². The largest absolute Gasteiger partial charge is 0.511 e. The summed E-state index contributed by atoms with van der Waals surface area (Å²) in [6, 6.07) is 3.62. The van der Waals surface area contributed by atoms with E-state index in [1.165, 1.54) is 35.7 Å². The normalized spacial score (nSPS) is 27.2. The second-order valence-electron chi connectivity index (χ2n) is 3.15. The van der Waals surface area contributed by atoms with Crippen molar-refractivity contribution in [3.63, 3.8) is 0 Å². The maximum atomic E-state index is 9.62. The van der Waals surface area contributed by atoms with Crippen LogP contribution in [0.25, 0.3) is 0 Å². The molecular weight excluding hydrogens is 244 g/mol. The van der Waals surface area contributed by atoms with Gasteiger partial charge in [0.05, 0.1) is 14.7 Å². The van der Waals surface area contributed by atoms with E-state index in [0.29, 0.717) is 4.24 Å². The highest BCUT2D eigenvalue weighted by Crippen LogP contribution is 2.53. The molecule has 0 bridgehead atoms. The minimum atomic E-state index is -0.304. The topological polar surface area (TPSA) is 88.0 Å². The molecule has 2 aliphatic rings. The third-order valence-electron chi connectivity index (χ3n) is 2.18. The summed E-state index contributed by atoms with van der Waals surface area (Å²) in [6.07, 6.45) is 2.87. The fourth-order valence-electron chi connectivity index (χ4n) is 1.41. The van der Waals surface area contributed by atoms with Gasteiger partial charge < -0.3 is 10.2 Å². The van der Waals surface area contributed by atoms with Crippen LogP contribution in [0.3, 0.4) is 0 Å². The van der Waals surface area contributed by atoms with Crippen LogP contribution in [-0.4, -0.2) is 20.7 Å². The van der Waals surface area contributed by atoms with E-state index < -0.39 is 0 Å². The molecule has 1 saturated heterocycles. The molecule has 80 valence electrons. The highest BCUT2D eigenvalue weighted by atomic mass is 32.2. The van der Waals surface area contributed by atoms with Crippen molar-refractivity contribution < 1.29 is 10.2 Å². The molecule has 16 heavy (non-hydrogen) atoms. The zero-order chi connectivity index (χ0) is 11.7. The van der Waals surface area contributed by atoms with Gasteiger partial charge in [-0.3, -0.25) is 0 Å². The van der Waals surface area contributed by atoms with Crippen molar-refractivity contribution in [1.29, 1.82) is 10.5 Å². The molecule has 0 radical (unpaired) electrons.